The molecule has 0 bridgehead atoms. The fraction of sp³-hybridized carbons (Fsp3) is 0.412. The zero-order chi connectivity index (χ0) is 16.8. The van der Waals surface area contributed by atoms with Gasteiger partial charge in [-0.1, -0.05) is 18.2 Å². The van der Waals surface area contributed by atoms with E-state index in [1.54, 1.807) is 29.5 Å². The van der Waals surface area contributed by atoms with Crippen molar-refractivity contribution in [2.24, 2.45) is 0 Å². The number of aromatic nitrogens is 1. The molecule has 1 heterocycles. The smallest absolute Gasteiger partial charge is 0.317 e. The summed E-state index contributed by atoms with van der Waals surface area (Å²) in [6.07, 6.45) is 1.74. The van der Waals surface area contributed by atoms with Gasteiger partial charge in [-0.25, -0.2) is 9.78 Å². The summed E-state index contributed by atoms with van der Waals surface area (Å²) in [4.78, 5) is 18.0. The highest BCUT2D eigenvalue weighted by molar-refractivity contribution is 7.09. The minimum atomic E-state index is -0.127. The summed E-state index contributed by atoms with van der Waals surface area (Å²) in [5.41, 5.74) is 2.20. The number of aryl methyl sites for hydroxylation is 2. The minimum Gasteiger partial charge on any atom is -0.491 e. The second-order valence-electron chi connectivity index (χ2n) is 5.66. The molecule has 1 aromatic carbocycles. The Kier molecular flexibility index (Phi) is 5.98. The molecule has 1 atom stereocenters. The third kappa shape index (κ3) is 4.96. The van der Waals surface area contributed by atoms with E-state index in [0.717, 1.165) is 21.9 Å². The molecule has 0 unspecified atom stereocenters. The van der Waals surface area contributed by atoms with E-state index in [4.69, 9.17) is 4.74 Å². The largest absolute Gasteiger partial charge is 0.491 e. The van der Waals surface area contributed by atoms with E-state index in [9.17, 15) is 4.79 Å². The minimum absolute atomic E-state index is 0.0831. The lowest BCUT2D eigenvalue weighted by Gasteiger charge is -2.21. The van der Waals surface area contributed by atoms with E-state index in [0.29, 0.717) is 13.2 Å². The van der Waals surface area contributed by atoms with Gasteiger partial charge in [0.1, 0.15) is 17.4 Å². The number of hydrogen-bond donors (Lipinski definition) is 1. The zero-order valence-corrected chi connectivity index (χ0v) is 14.8. The summed E-state index contributed by atoms with van der Waals surface area (Å²) in [5, 5.41) is 5.76. The fourth-order valence-corrected chi connectivity index (χ4v) is 2.87. The highest BCUT2D eigenvalue weighted by Crippen LogP contribution is 2.22. The van der Waals surface area contributed by atoms with Crippen molar-refractivity contribution in [3.63, 3.8) is 0 Å². The number of hydrogen-bond acceptors (Lipinski definition) is 4. The van der Waals surface area contributed by atoms with E-state index in [2.05, 4.69) is 10.3 Å². The van der Waals surface area contributed by atoms with Gasteiger partial charge in [-0.05, 0) is 31.9 Å². The van der Waals surface area contributed by atoms with Crippen LogP contribution in [0.15, 0.2) is 29.8 Å². The number of ether oxygens (including phenoxy) is 1. The Bertz CT molecular complexity index is 623. The molecule has 0 spiro atoms. The van der Waals surface area contributed by atoms with Crippen LogP contribution in [0.4, 0.5) is 4.79 Å². The van der Waals surface area contributed by atoms with Crippen LogP contribution in [0.25, 0.3) is 0 Å². The van der Waals surface area contributed by atoms with E-state index in [1.165, 1.54) is 0 Å². The molecule has 0 radical (unpaired) electrons. The first kappa shape index (κ1) is 17.3. The summed E-state index contributed by atoms with van der Waals surface area (Å²) in [6.45, 7) is 6.92. The number of nitrogens with one attached hydrogen (secondary N) is 1. The molecule has 0 fully saturated rings. The van der Waals surface area contributed by atoms with Gasteiger partial charge in [-0.15, -0.1) is 11.3 Å². The van der Waals surface area contributed by atoms with Crippen LogP contribution in [0, 0.1) is 13.8 Å². The predicted octanol–water partition coefficient (Wildman–Crippen LogP) is 3.37. The predicted molar refractivity (Wildman–Crippen MR) is 93.0 cm³/mol. The lowest BCUT2D eigenvalue weighted by Crippen LogP contribution is -2.43. The summed E-state index contributed by atoms with van der Waals surface area (Å²) >= 11 is 1.54. The number of carbonyl (C=O) groups is 1. The summed E-state index contributed by atoms with van der Waals surface area (Å²) in [7, 11) is 1.76. The van der Waals surface area contributed by atoms with Gasteiger partial charge in [0.2, 0.25) is 0 Å². The Balaban J connectivity index is 1.82. The molecule has 5 nitrogen and oxygen atoms in total. The maximum atomic E-state index is 12.2. The van der Waals surface area contributed by atoms with Crippen LogP contribution in [0.2, 0.25) is 0 Å². The van der Waals surface area contributed by atoms with Crippen LogP contribution in [0.5, 0.6) is 5.75 Å². The molecule has 1 N–H and O–H groups in total. The van der Waals surface area contributed by atoms with Gasteiger partial charge < -0.3 is 15.0 Å². The highest BCUT2D eigenvalue weighted by Gasteiger charge is 2.14. The van der Waals surface area contributed by atoms with Crippen molar-refractivity contribution in [2.45, 2.75) is 33.4 Å². The molecule has 0 saturated heterocycles. The van der Waals surface area contributed by atoms with Crippen LogP contribution in [0.1, 0.15) is 23.1 Å². The van der Waals surface area contributed by atoms with Crippen molar-refractivity contribution < 1.29 is 9.53 Å². The van der Waals surface area contributed by atoms with Gasteiger partial charge in [0.15, 0.2) is 0 Å². The van der Waals surface area contributed by atoms with Crippen molar-refractivity contribution in [2.75, 3.05) is 13.7 Å². The second-order valence-corrected chi connectivity index (χ2v) is 6.64. The van der Waals surface area contributed by atoms with Crippen LogP contribution in [0.3, 0.4) is 0 Å². The topological polar surface area (TPSA) is 54.5 Å². The molecule has 0 saturated carbocycles. The second kappa shape index (κ2) is 7.97. The Hall–Kier alpha value is -2.08. The maximum absolute atomic E-state index is 12.2. The molecule has 0 aliphatic heterocycles. The first-order chi connectivity index (χ1) is 11.0. The summed E-state index contributed by atoms with van der Waals surface area (Å²) in [5.74, 6) is 0.893. The normalized spacial score (nSPS) is 11.8. The van der Waals surface area contributed by atoms with Crippen molar-refractivity contribution in [3.8, 4) is 5.75 Å². The lowest BCUT2D eigenvalue weighted by atomic mass is 10.1. The number of rotatable bonds is 6. The van der Waals surface area contributed by atoms with Gasteiger partial charge in [-0.2, -0.15) is 0 Å². The Morgan fingerprint density at radius 3 is 2.70 bits per heavy atom. The Morgan fingerprint density at radius 2 is 2.09 bits per heavy atom. The third-order valence-corrected chi connectivity index (χ3v) is 4.22. The highest BCUT2D eigenvalue weighted by atomic mass is 32.1. The molecule has 1 aromatic heterocycles. The SMILES string of the molecule is Cc1cccc(C)c1OC[C@@H](C)NC(=O)N(C)Cc1nccs1. The van der Waals surface area contributed by atoms with Crippen molar-refractivity contribution in [1.82, 2.24) is 15.2 Å². The zero-order valence-electron chi connectivity index (χ0n) is 14.0. The number of benzene rings is 1. The maximum Gasteiger partial charge on any atom is 0.317 e. The van der Waals surface area contributed by atoms with Gasteiger partial charge in [0.05, 0.1) is 12.6 Å². The van der Waals surface area contributed by atoms with Crippen LogP contribution < -0.4 is 10.1 Å². The first-order valence-electron chi connectivity index (χ1n) is 7.56. The molecule has 124 valence electrons. The van der Waals surface area contributed by atoms with Crippen molar-refractivity contribution in [3.05, 3.63) is 45.9 Å². The Labute approximate surface area is 141 Å². The summed E-state index contributed by atoms with van der Waals surface area (Å²) in [6, 6.07) is 5.84. The molecule has 6 heteroatoms. The van der Waals surface area contributed by atoms with Crippen LogP contribution >= 0.6 is 11.3 Å². The van der Waals surface area contributed by atoms with Crippen LogP contribution in [-0.2, 0) is 6.54 Å². The van der Waals surface area contributed by atoms with E-state index in [1.807, 2.05) is 44.4 Å². The van der Waals surface area contributed by atoms with Gasteiger partial charge >= 0.3 is 6.03 Å². The van der Waals surface area contributed by atoms with Gasteiger partial charge in [-0.3, -0.25) is 0 Å². The first-order valence-corrected chi connectivity index (χ1v) is 8.44. The average Bonchev–Trinajstić information content (AvgIpc) is 2.99. The number of nitrogens with zero attached hydrogens (tertiary/aromatic N) is 2. The molecule has 2 aromatic rings. The van der Waals surface area contributed by atoms with Gasteiger partial charge in [0, 0.05) is 18.6 Å². The van der Waals surface area contributed by atoms with Crippen molar-refractivity contribution >= 4 is 17.4 Å². The number of thiazole rings is 1. The number of carbonyl (C=O) groups excluding carboxylic acids is 1. The van der Waals surface area contributed by atoms with Gasteiger partial charge in [0.25, 0.3) is 0 Å². The molecule has 2 rings (SSSR count). The number of amides is 2. The van der Waals surface area contributed by atoms with E-state index >= 15 is 0 Å². The quantitative estimate of drug-likeness (QED) is 0.882. The summed E-state index contributed by atoms with van der Waals surface area (Å²) < 4.78 is 5.87. The molecule has 0 aliphatic carbocycles. The fourth-order valence-electron chi connectivity index (χ4n) is 2.20. The average molecular weight is 333 g/mol. The molecule has 0 aliphatic rings. The number of urea groups is 1. The molecule has 2 amide bonds. The van der Waals surface area contributed by atoms with E-state index < -0.39 is 0 Å². The standard InChI is InChI=1S/C17H23N3O2S/c1-12-6-5-7-13(2)16(12)22-11-14(3)19-17(21)20(4)10-15-18-8-9-23-15/h5-9,14H,10-11H2,1-4H3,(H,19,21)/t14-/m1/s1. The number of para-hydroxylation sites is 1. The molecular weight excluding hydrogens is 310 g/mol. The molecular formula is C17H23N3O2S. The lowest BCUT2D eigenvalue weighted by molar-refractivity contribution is 0.195. The van der Waals surface area contributed by atoms with E-state index in [-0.39, 0.29) is 12.1 Å². The molecule has 23 heavy (non-hydrogen) atoms. The Morgan fingerprint density at radius 1 is 1.39 bits per heavy atom. The third-order valence-electron chi connectivity index (χ3n) is 3.46. The monoisotopic (exact) mass is 333 g/mol. The van der Waals surface area contributed by atoms with Crippen LogP contribution in [-0.4, -0.2) is 35.6 Å². The van der Waals surface area contributed by atoms with Crippen molar-refractivity contribution in [1.29, 1.82) is 0 Å².